The third kappa shape index (κ3) is 5.82. The number of nitrogens with one attached hydrogen (secondary N) is 2. The summed E-state index contributed by atoms with van der Waals surface area (Å²) in [5.41, 5.74) is 1.79. The van der Waals surface area contributed by atoms with Gasteiger partial charge in [-0.2, -0.15) is 0 Å². The van der Waals surface area contributed by atoms with E-state index < -0.39 is 0 Å². The molecule has 0 saturated heterocycles. The van der Waals surface area contributed by atoms with Gasteiger partial charge in [-0.1, -0.05) is 35.3 Å². The Kier molecular flexibility index (Phi) is 6.50. The Morgan fingerprint density at radius 1 is 0.926 bits per heavy atom. The van der Waals surface area contributed by atoms with Crippen LogP contribution in [0.1, 0.15) is 11.3 Å². The number of halogens is 2. The van der Waals surface area contributed by atoms with Crippen molar-refractivity contribution in [2.45, 2.75) is 13.0 Å². The van der Waals surface area contributed by atoms with E-state index in [0.29, 0.717) is 22.4 Å². The second-order valence-electron chi connectivity index (χ2n) is 5.81. The van der Waals surface area contributed by atoms with Gasteiger partial charge in [-0.05, 0) is 66.3 Å². The lowest BCUT2D eigenvalue weighted by Gasteiger charge is -2.08. The highest BCUT2D eigenvalue weighted by molar-refractivity contribution is 7.80. The molecule has 0 radical (unpaired) electrons. The number of carbonyl (C=O) groups is 1. The number of benzene rings is 2. The second kappa shape index (κ2) is 9.04. The van der Waals surface area contributed by atoms with Gasteiger partial charge in [0.25, 0.3) is 0 Å². The number of furan rings is 1. The van der Waals surface area contributed by atoms with Gasteiger partial charge in [0, 0.05) is 15.6 Å². The fourth-order valence-electron chi connectivity index (χ4n) is 2.41. The van der Waals surface area contributed by atoms with E-state index in [-0.39, 0.29) is 17.4 Å². The van der Waals surface area contributed by atoms with Crippen LogP contribution >= 0.6 is 35.4 Å². The fraction of sp³-hybridized carbons (Fsp3) is 0.100. The molecule has 2 N–H and O–H groups in total. The Balaban J connectivity index is 1.48. The maximum atomic E-state index is 12.0. The molecule has 0 unspecified atom stereocenters. The van der Waals surface area contributed by atoms with Crippen molar-refractivity contribution in [1.29, 1.82) is 0 Å². The van der Waals surface area contributed by atoms with E-state index in [1.54, 1.807) is 24.3 Å². The van der Waals surface area contributed by atoms with Crippen molar-refractivity contribution in [3.63, 3.8) is 0 Å². The summed E-state index contributed by atoms with van der Waals surface area (Å²) in [5.74, 6) is 1.24. The van der Waals surface area contributed by atoms with Gasteiger partial charge in [-0.15, -0.1) is 0 Å². The van der Waals surface area contributed by atoms with Crippen LogP contribution < -0.4 is 10.6 Å². The molecule has 0 aliphatic carbocycles. The second-order valence-corrected chi connectivity index (χ2v) is 7.09. The van der Waals surface area contributed by atoms with Crippen molar-refractivity contribution in [3.8, 4) is 11.3 Å². The van der Waals surface area contributed by atoms with Crippen LogP contribution in [0.2, 0.25) is 10.0 Å². The highest BCUT2D eigenvalue weighted by Crippen LogP contribution is 2.23. The molecule has 0 aliphatic rings. The molecular formula is C20H16Cl2N2O2S. The lowest BCUT2D eigenvalue weighted by atomic mass is 10.1. The van der Waals surface area contributed by atoms with Gasteiger partial charge >= 0.3 is 0 Å². The molecule has 4 nitrogen and oxygen atoms in total. The lowest BCUT2D eigenvalue weighted by molar-refractivity contribution is -0.119. The molecule has 0 aliphatic heterocycles. The molecule has 0 saturated carbocycles. The minimum atomic E-state index is -0.198. The first kappa shape index (κ1) is 19.4. The van der Waals surface area contributed by atoms with Crippen molar-refractivity contribution in [1.82, 2.24) is 10.6 Å². The number of hydrogen-bond acceptors (Lipinski definition) is 3. The summed E-state index contributed by atoms with van der Waals surface area (Å²) in [6.07, 6.45) is 0.223. The molecule has 7 heteroatoms. The lowest BCUT2D eigenvalue weighted by Crippen LogP contribution is -2.39. The molecule has 0 bridgehead atoms. The summed E-state index contributed by atoms with van der Waals surface area (Å²) in [7, 11) is 0. The van der Waals surface area contributed by atoms with Crippen LogP contribution in [0.3, 0.4) is 0 Å². The predicted octanol–water partition coefficient (Wildman–Crippen LogP) is 4.99. The summed E-state index contributed by atoms with van der Waals surface area (Å²) in [6, 6.07) is 18.2. The molecule has 1 amide bonds. The minimum Gasteiger partial charge on any atom is -0.459 e. The van der Waals surface area contributed by atoms with E-state index in [1.165, 1.54) is 0 Å². The summed E-state index contributed by atoms with van der Waals surface area (Å²) in [5, 5.41) is 7.17. The Bertz CT molecular complexity index is 937. The number of carbonyl (C=O) groups excluding carboxylic acids is 1. The van der Waals surface area contributed by atoms with E-state index in [0.717, 1.165) is 16.9 Å². The summed E-state index contributed by atoms with van der Waals surface area (Å²) < 4.78 is 5.78. The molecular weight excluding hydrogens is 403 g/mol. The average Bonchev–Trinajstić information content (AvgIpc) is 3.11. The molecule has 3 aromatic rings. The Morgan fingerprint density at radius 3 is 2.22 bits per heavy atom. The van der Waals surface area contributed by atoms with Crippen LogP contribution in [0, 0.1) is 0 Å². The van der Waals surface area contributed by atoms with Gasteiger partial charge in [0.15, 0.2) is 5.11 Å². The molecule has 3 rings (SSSR count). The molecule has 1 aromatic heterocycles. The third-order valence-corrected chi connectivity index (χ3v) is 4.49. The topological polar surface area (TPSA) is 54.3 Å². The quantitative estimate of drug-likeness (QED) is 0.573. The first-order valence-corrected chi connectivity index (χ1v) is 9.33. The standard InChI is InChI=1S/C20H16Cl2N2O2S/c21-15-5-1-13(2-6-15)11-19(25)24-20(27)23-12-17-9-10-18(26-17)14-3-7-16(22)8-4-14/h1-10H,11-12H2,(H2,23,24,25,27). The number of rotatable bonds is 5. The van der Waals surface area contributed by atoms with Crippen molar-refractivity contribution < 1.29 is 9.21 Å². The molecule has 1 heterocycles. The van der Waals surface area contributed by atoms with Crippen molar-refractivity contribution >= 4 is 46.4 Å². The van der Waals surface area contributed by atoms with Crippen molar-refractivity contribution in [3.05, 3.63) is 82.0 Å². The average molecular weight is 419 g/mol. The molecule has 0 fully saturated rings. The number of thiocarbonyl (C=S) groups is 1. The molecule has 0 spiro atoms. The van der Waals surface area contributed by atoms with Crippen LogP contribution in [0.5, 0.6) is 0 Å². The van der Waals surface area contributed by atoms with E-state index in [4.69, 9.17) is 39.8 Å². The van der Waals surface area contributed by atoms with E-state index >= 15 is 0 Å². The van der Waals surface area contributed by atoms with Crippen LogP contribution in [-0.4, -0.2) is 11.0 Å². The van der Waals surface area contributed by atoms with Crippen LogP contribution in [0.4, 0.5) is 0 Å². The number of amides is 1. The highest BCUT2D eigenvalue weighted by atomic mass is 35.5. The molecule has 2 aromatic carbocycles. The summed E-state index contributed by atoms with van der Waals surface area (Å²) in [6.45, 7) is 0.369. The fourth-order valence-corrected chi connectivity index (χ4v) is 2.85. The highest BCUT2D eigenvalue weighted by Gasteiger charge is 2.08. The first-order chi connectivity index (χ1) is 13.0. The number of hydrogen-bond donors (Lipinski definition) is 2. The first-order valence-electron chi connectivity index (χ1n) is 8.16. The predicted molar refractivity (Wildman–Crippen MR) is 112 cm³/mol. The van der Waals surface area contributed by atoms with Gasteiger partial charge in [-0.25, -0.2) is 0 Å². The molecule has 27 heavy (non-hydrogen) atoms. The normalized spacial score (nSPS) is 10.4. The Hall–Kier alpha value is -2.34. The smallest absolute Gasteiger partial charge is 0.230 e. The minimum absolute atomic E-state index is 0.198. The maximum Gasteiger partial charge on any atom is 0.230 e. The molecule has 0 atom stereocenters. The third-order valence-electron chi connectivity index (χ3n) is 3.74. The van der Waals surface area contributed by atoms with Gasteiger partial charge in [0.1, 0.15) is 11.5 Å². The van der Waals surface area contributed by atoms with E-state index in [2.05, 4.69) is 10.6 Å². The Morgan fingerprint density at radius 2 is 1.56 bits per heavy atom. The zero-order chi connectivity index (χ0) is 19.2. The van der Waals surface area contributed by atoms with Gasteiger partial charge in [-0.3, -0.25) is 4.79 Å². The zero-order valence-corrected chi connectivity index (χ0v) is 16.5. The maximum absolute atomic E-state index is 12.0. The SMILES string of the molecule is O=C(Cc1ccc(Cl)cc1)NC(=S)NCc1ccc(-c2ccc(Cl)cc2)o1. The van der Waals surface area contributed by atoms with Crippen molar-refractivity contribution in [2.24, 2.45) is 0 Å². The molecule has 138 valence electrons. The monoisotopic (exact) mass is 418 g/mol. The zero-order valence-electron chi connectivity index (χ0n) is 14.2. The van der Waals surface area contributed by atoms with Crippen LogP contribution in [0.25, 0.3) is 11.3 Å². The van der Waals surface area contributed by atoms with E-state index in [9.17, 15) is 4.79 Å². The van der Waals surface area contributed by atoms with Gasteiger partial charge < -0.3 is 15.1 Å². The van der Waals surface area contributed by atoms with Crippen LogP contribution in [0.15, 0.2) is 65.1 Å². The van der Waals surface area contributed by atoms with E-state index in [1.807, 2.05) is 36.4 Å². The van der Waals surface area contributed by atoms with Crippen LogP contribution in [-0.2, 0) is 17.8 Å². The van der Waals surface area contributed by atoms with Gasteiger partial charge in [0.2, 0.25) is 5.91 Å². The summed E-state index contributed by atoms with van der Waals surface area (Å²) >= 11 is 16.9. The Labute approximate surface area is 172 Å². The van der Waals surface area contributed by atoms with Gasteiger partial charge in [0.05, 0.1) is 13.0 Å². The largest absolute Gasteiger partial charge is 0.459 e. The summed E-state index contributed by atoms with van der Waals surface area (Å²) in [4.78, 5) is 12.0. The van der Waals surface area contributed by atoms with Crippen molar-refractivity contribution in [2.75, 3.05) is 0 Å².